The molecule has 1 atom stereocenters. The minimum atomic E-state index is -0.394. The van der Waals surface area contributed by atoms with Crippen LogP contribution in [0.15, 0.2) is 46.0 Å². The number of hydrogen-bond donors (Lipinski definition) is 1. The molecule has 0 aliphatic rings. The van der Waals surface area contributed by atoms with Gasteiger partial charge in [-0.1, -0.05) is 12.1 Å². The molecular formula is C14H15FOS2. The van der Waals surface area contributed by atoms with Crippen molar-refractivity contribution in [3.05, 3.63) is 52.5 Å². The van der Waals surface area contributed by atoms with Crippen molar-refractivity contribution in [2.24, 2.45) is 0 Å². The largest absolute Gasteiger partial charge is 0.392 e. The zero-order valence-electron chi connectivity index (χ0n) is 9.88. The quantitative estimate of drug-likeness (QED) is 0.809. The zero-order valence-corrected chi connectivity index (χ0v) is 11.5. The molecule has 0 fully saturated rings. The number of aryl methyl sites for hydroxylation is 1. The topological polar surface area (TPSA) is 20.2 Å². The molecule has 0 amide bonds. The fourth-order valence-corrected chi connectivity index (χ4v) is 3.22. The lowest BCUT2D eigenvalue weighted by molar-refractivity contribution is 0.189. The minimum Gasteiger partial charge on any atom is -0.392 e. The van der Waals surface area contributed by atoms with Gasteiger partial charge in [0.1, 0.15) is 5.82 Å². The second-order valence-electron chi connectivity index (χ2n) is 4.07. The summed E-state index contributed by atoms with van der Waals surface area (Å²) in [5, 5.41) is 14.0. The number of aliphatic hydroxyl groups is 1. The van der Waals surface area contributed by atoms with Gasteiger partial charge in [-0.25, -0.2) is 4.39 Å². The van der Waals surface area contributed by atoms with Crippen molar-refractivity contribution in [1.82, 2.24) is 0 Å². The van der Waals surface area contributed by atoms with Crippen LogP contribution < -0.4 is 0 Å². The first-order valence-electron chi connectivity index (χ1n) is 5.82. The molecule has 0 aliphatic heterocycles. The number of rotatable bonds is 6. The molecule has 1 aromatic heterocycles. The van der Waals surface area contributed by atoms with Gasteiger partial charge < -0.3 is 5.11 Å². The monoisotopic (exact) mass is 282 g/mol. The standard InChI is InChI=1S/C14H15FOS2/c15-13-3-1-2-4-14(13)18-10-12(16)6-5-11-7-8-17-9-11/h1-4,7-9,12,16H,5-6,10H2. The van der Waals surface area contributed by atoms with Crippen molar-refractivity contribution < 1.29 is 9.50 Å². The Morgan fingerprint density at radius 3 is 2.83 bits per heavy atom. The molecule has 1 N–H and O–H groups in total. The van der Waals surface area contributed by atoms with E-state index in [4.69, 9.17) is 0 Å². The highest BCUT2D eigenvalue weighted by molar-refractivity contribution is 7.99. The Balaban J connectivity index is 1.75. The van der Waals surface area contributed by atoms with Gasteiger partial charge in [-0.05, 0) is 47.4 Å². The summed E-state index contributed by atoms with van der Waals surface area (Å²) in [7, 11) is 0. The molecule has 0 radical (unpaired) electrons. The molecule has 1 heterocycles. The second-order valence-corrected chi connectivity index (χ2v) is 5.91. The SMILES string of the molecule is OC(CCc1ccsc1)CSc1ccccc1F. The van der Waals surface area contributed by atoms with Crippen molar-refractivity contribution >= 4 is 23.1 Å². The number of halogens is 1. The highest BCUT2D eigenvalue weighted by Crippen LogP contribution is 2.23. The molecule has 0 spiro atoms. The van der Waals surface area contributed by atoms with E-state index in [1.807, 2.05) is 11.4 Å². The maximum absolute atomic E-state index is 13.3. The van der Waals surface area contributed by atoms with Crippen molar-refractivity contribution in [3.8, 4) is 0 Å². The maximum atomic E-state index is 13.3. The minimum absolute atomic E-state index is 0.215. The average Bonchev–Trinajstić information content (AvgIpc) is 2.88. The van der Waals surface area contributed by atoms with E-state index in [1.165, 1.54) is 23.4 Å². The van der Waals surface area contributed by atoms with E-state index in [9.17, 15) is 9.50 Å². The van der Waals surface area contributed by atoms with E-state index < -0.39 is 6.10 Å². The van der Waals surface area contributed by atoms with Gasteiger partial charge in [0.25, 0.3) is 0 Å². The maximum Gasteiger partial charge on any atom is 0.136 e. The molecule has 0 aliphatic carbocycles. The lowest BCUT2D eigenvalue weighted by Crippen LogP contribution is -2.11. The number of thiophene rings is 1. The third-order valence-electron chi connectivity index (χ3n) is 2.61. The molecule has 0 saturated carbocycles. The van der Waals surface area contributed by atoms with Crippen molar-refractivity contribution in [2.45, 2.75) is 23.8 Å². The molecule has 1 unspecified atom stereocenters. The fourth-order valence-electron chi connectivity index (χ4n) is 1.60. The number of thioether (sulfide) groups is 1. The van der Waals surface area contributed by atoms with E-state index in [0.29, 0.717) is 10.6 Å². The molecular weight excluding hydrogens is 267 g/mol. The van der Waals surface area contributed by atoms with Gasteiger partial charge >= 0.3 is 0 Å². The summed E-state index contributed by atoms with van der Waals surface area (Å²) in [4.78, 5) is 0.604. The van der Waals surface area contributed by atoms with Crippen LogP contribution in [0.5, 0.6) is 0 Å². The van der Waals surface area contributed by atoms with Gasteiger partial charge in [-0.2, -0.15) is 11.3 Å². The Kier molecular flexibility index (Phi) is 5.23. The lowest BCUT2D eigenvalue weighted by Gasteiger charge is -2.09. The first-order chi connectivity index (χ1) is 8.75. The molecule has 2 rings (SSSR count). The van der Waals surface area contributed by atoms with Crippen molar-refractivity contribution in [3.63, 3.8) is 0 Å². The summed E-state index contributed by atoms with van der Waals surface area (Å²) < 4.78 is 13.3. The number of benzene rings is 1. The van der Waals surface area contributed by atoms with Crippen LogP contribution in [0.4, 0.5) is 4.39 Å². The average molecular weight is 282 g/mol. The van der Waals surface area contributed by atoms with Crippen LogP contribution in [0.1, 0.15) is 12.0 Å². The molecule has 1 aromatic carbocycles. The van der Waals surface area contributed by atoms with Crippen LogP contribution >= 0.6 is 23.1 Å². The van der Waals surface area contributed by atoms with Gasteiger partial charge in [-0.3, -0.25) is 0 Å². The van der Waals surface area contributed by atoms with Gasteiger partial charge in [0.05, 0.1) is 6.10 Å². The zero-order chi connectivity index (χ0) is 12.8. The molecule has 1 nitrogen and oxygen atoms in total. The van der Waals surface area contributed by atoms with E-state index in [0.717, 1.165) is 12.8 Å². The Morgan fingerprint density at radius 1 is 1.28 bits per heavy atom. The first-order valence-corrected chi connectivity index (χ1v) is 7.75. The summed E-state index contributed by atoms with van der Waals surface area (Å²) >= 11 is 3.04. The summed E-state index contributed by atoms with van der Waals surface area (Å²) in [6.45, 7) is 0. The first kappa shape index (κ1) is 13.6. The van der Waals surface area contributed by atoms with Crippen LogP contribution in [-0.4, -0.2) is 17.0 Å². The van der Waals surface area contributed by atoms with Crippen molar-refractivity contribution in [2.75, 3.05) is 5.75 Å². The van der Waals surface area contributed by atoms with E-state index in [1.54, 1.807) is 23.5 Å². The molecule has 0 saturated heterocycles. The molecule has 0 bridgehead atoms. The lowest BCUT2D eigenvalue weighted by atomic mass is 10.1. The molecule has 2 aromatic rings. The molecule has 18 heavy (non-hydrogen) atoms. The molecule has 4 heteroatoms. The Bertz CT molecular complexity index is 470. The van der Waals surface area contributed by atoms with Crippen LogP contribution in [0.3, 0.4) is 0 Å². The van der Waals surface area contributed by atoms with Crippen molar-refractivity contribution in [1.29, 1.82) is 0 Å². The second kappa shape index (κ2) is 6.92. The predicted molar refractivity (Wildman–Crippen MR) is 75.8 cm³/mol. The van der Waals surface area contributed by atoms with E-state index in [2.05, 4.69) is 11.4 Å². The van der Waals surface area contributed by atoms with Crippen LogP contribution in [0.2, 0.25) is 0 Å². The third kappa shape index (κ3) is 4.12. The van der Waals surface area contributed by atoms with E-state index >= 15 is 0 Å². The predicted octanol–water partition coefficient (Wildman–Crippen LogP) is 3.97. The van der Waals surface area contributed by atoms with Crippen LogP contribution in [0, 0.1) is 5.82 Å². The Hall–Kier alpha value is -0.840. The normalized spacial score (nSPS) is 12.6. The Morgan fingerprint density at radius 2 is 2.11 bits per heavy atom. The van der Waals surface area contributed by atoms with Gasteiger partial charge in [0.2, 0.25) is 0 Å². The van der Waals surface area contributed by atoms with Crippen LogP contribution in [0.25, 0.3) is 0 Å². The summed E-state index contributed by atoms with van der Waals surface area (Å²) in [6, 6.07) is 8.74. The summed E-state index contributed by atoms with van der Waals surface area (Å²) in [5.41, 5.74) is 1.26. The van der Waals surface area contributed by atoms with Gasteiger partial charge in [-0.15, -0.1) is 11.8 Å². The number of hydrogen-bond acceptors (Lipinski definition) is 3. The van der Waals surface area contributed by atoms with Gasteiger partial charge in [0, 0.05) is 10.6 Å². The number of aliphatic hydroxyl groups excluding tert-OH is 1. The third-order valence-corrected chi connectivity index (χ3v) is 4.54. The highest BCUT2D eigenvalue weighted by Gasteiger charge is 2.08. The van der Waals surface area contributed by atoms with Crippen LogP contribution in [-0.2, 0) is 6.42 Å². The molecule has 96 valence electrons. The summed E-state index contributed by atoms with van der Waals surface area (Å²) in [5.74, 6) is 0.318. The van der Waals surface area contributed by atoms with Gasteiger partial charge in [0.15, 0.2) is 0 Å². The summed E-state index contributed by atoms with van der Waals surface area (Å²) in [6.07, 6.45) is 1.20. The smallest absolute Gasteiger partial charge is 0.136 e. The Labute approximate surface area is 115 Å². The van der Waals surface area contributed by atoms with E-state index in [-0.39, 0.29) is 5.82 Å². The fraction of sp³-hybridized carbons (Fsp3) is 0.286. The highest BCUT2D eigenvalue weighted by atomic mass is 32.2.